The lowest BCUT2D eigenvalue weighted by Gasteiger charge is -2.21. The molecule has 4 N–H and O–H groups in total. The van der Waals surface area contributed by atoms with E-state index in [9.17, 15) is 13.2 Å². The molecule has 0 fully saturated rings. The van der Waals surface area contributed by atoms with Crippen LogP contribution in [0.25, 0.3) is 0 Å². The molecule has 1 aromatic carbocycles. The second kappa shape index (κ2) is 5.32. The highest BCUT2D eigenvalue weighted by Crippen LogP contribution is 2.31. The Morgan fingerprint density at radius 3 is 2.75 bits per heavy atom. The first-order valence-corrected chi connectivity index (χ1v) is 8.47. The predicted octanol–water partition coefficient (Wildman–Crippen LogP) is 0.998. The number of fused-ring (bicyclic) bond motifs is 1. The van der Waals surface area contributed by atoms with E-state index in [0.29, 0.717) is 24.2 Å². The van der Waals surface area contributed by atoms with Crippen LogP contribution >= 0.6 is 0 Å². The largest absolute Gasteiger partial charge is 0.397 e. The molecule has 0 radical (unpaired) electrons. The fourth-order valence-corrected chi connectivity index (χ4v) is 3.33. The SMILES string of the molecule is CC(CS(C)(=O)=O)Nc1cc2c(cc1N)CCC(=O)N2. The molecule has 110 valence electrons. The van der Waals surface area contributed by atoms with Gasteiger partial charge < -0.3 is 16.4 Å². The molecule has 20 heavy (non-hydrogen) atoms. The van der Waals surface area contributed by atoms with Crippen molar-refractivity contribution in [2.45, 2.75) is 25.8 Å². The van der Waals surface area contributed by atoms with Gasteiger partial charge in [0, 0.05) is 24.4 Å². The van der Waals surface area contributed by atoms with Gasteiger partial charge >= 0.3 is 0 Å². The first kappa shape index (κ1) is 14.6. The Morgan fingerprint density at radius 2 is 2.10 bits per heavy atom. The van der Waals surface area contributed by atoms with Crippen LogP contribution in [-0.4, -0.2) is 32.4 Å². The zero-order valence-electron chi connectivity index (χ0n) is 11.6. The molecule has 0 aromatic heterocycles. The van der Waals surface area contributed by atoms with Gasteiger partial charge in [-0.05, 0) is 31.0 Å². The third kappa shape index (κ3) is 3.63. The summed E-state index contributed by atoms with van der Waals surface area (Å²) in [6, 6.07) is 3.33. The number of hydrogen-bond donors (Lipinski definition) is 3. The van der Waals surface area contributed by atoms with E-state index in [1.807, 2.05) is 6.07 Å². The molecule has 1 amide bonds. The number of aryl methyl sites for hydroxylation is 1. The summed E-state index contributed by atoms with van der Waals surface area (Å²) < 4.78 is 22.5. The first-order chi connectivity index (χ1) is 9.24. The molecule has 1 aliphatic rings. The minimum absolute atomic E-state index is 0.0163. The van der Waals surface area contributed by atoms with Gasteiger partial charge in [0.1, 0.15) is 9.84 Å². The summed E-state index contributed by atoms with van der Waals surface area (Å²) >= 11 is 0. The number of hydrogen-bond acceptors (Lipinski definition) is 5. The van der Waals surface area contributed by atoms with Crippen LogP contribution in [0.4, 0.5) is 17.1 Å². The molecule has 0 saturated heterocycles. The molecule has 1 aromatic rings. The van der Waals surface area contributed by atoms with Gasteiger partial charge in [0.25, 0.3) is 0 Å². The lowest BCUT2D eigenvalue weighted by molar-refractivity contribution is -0.116. The Bertz CT molecular complexity index is 641. The number of nitrogen functional groups attached to an aromatic ring is 1. The monoisotopic (exact) mass is 297 g/mol. The van der Waals surface area contributed by atoms with Crippen LogP contribution in [0.5, 0.6) is 0 Å². The van der Waals surface area contributed by atoms with Crippen LogP contribution in [0.3, 0.4) is 0 Å². The standard InChI is InChI=1S/C13H19N3O3S/c1-8(7-20(2,18)19)15-12-6-11-9(5-10(12)14)3-4-13(17)16-11/h5-6,8,15H,3-4,7,14H2,1-2H3,(H,16,17). The molecule has 0 saturated carbocycles. The molecule has 1 aliphatic heterocycles. The lowest BCUT2D eigenvalue weighted by atomic mass is 10.0. The van der Waals surface area contributed by atoms with E-state index in [1.54, 1.807) is 13.0 Å². The fraction of sp³-hybridized carbons (Fsp3) is 0.462. The number of rotatable bonds is 4. The maximum atomic E-state index is 11.4. The molecular weight excluding hydrogens is 278 g/mol. The van der Waals surface area contributed by atoms with E-state index in [2.05, 4.69) is 10.6 Å². The van der Waals surface area contributed by atoms with E-state index >= 15 is 0 Å². The zero-order chi connectivity index (χ0) is 14.9. The van der Waals surface area contributed by atoms with Gasteiger partial charge in [0.15, 0.2) is 0 Å². The average molecular weight is 297 g/mol. The van der Waals surface area contributed by atoms with Crippen LogP contribution in [-0.2, 0) is 21.1 Å². The highest BCUT2D eigenvalue weighted by atomic mass is 32.2. The Hall–Kier alpha value is -1.76. The van der Waals surface area contributed by atoms with Crippen molar-refractivity contribution >= 4 is 32.8 Å². The number of nitrogens with one attached hydrogen (secondary N) is 2. The smallest absolute Gasteiger partial charge is 0.224 e. The van der Waals surface area contributed by atoms with E-state index in [0.717, 1.165) is 11.3 Å². The summed E-state index contributed by atoms with van der Waals surface area (Å²) in [5.41, 5.74) is 8.91. The number of amides is 1. The Morgan fingerprint density at radius 1 is 1.40 bits per heavy atom. The van der Waals surface area contributed by atoms with Crippen LogP contribution in [0, 0.1) is 0 Å². The summed E-state index contributed by atoms with van der Waals surface area (Å²) in [7, 11) is -3.06. The van der Waals surface area contributed by atoms with Crippen molar-refractivity contribution in [2.75, 3.05) is 28.4 Å². The topological polar surface area (TPSA) is 101 Å². The summed E-state index contributed by atoms with van der Waals surface area (Å²) in [5, 5.41) is 5.87. The number of carbonyl (C=O) groups is 1. The number of nitrogens with two attached hydrogens (primary N) is 1. The molecule has 2 rings (SSSR count). The maximum absolute atomic E-state index is 11.4. The molecule has 7 heteroatoms. The van der Waals surface area contributed by atoms with Crippen LogP contribution < -0.4 is 16.4 Å². The van der Waals surface area contributed by atoms with Crippen molar-refractivity contribution in [1.29, 1.82) is 0 Å². The molecule has 0 spiro atoms. The van der Waals surface area contributed by atoms with Gasteiger partial charge in [-0.25, -0.2) is 8.42 Å². The zero-order valence-corrected chi connectivity index (χ0v) is 12.4. The normalized spacial score (nSPS) is 16.2. The van der Waals surface area contributed by atoms with Crippen molar-refractivity contribution in [1.82, 2.24) is 0 Å². The Kier molecular flexibility index (Phi) is 3.89. The third-order valence-electron chi connectivity index (χ3n) is 3.13. The van der Waals surface area contributed by atoms with E-state index in [1.165, 1.54) is 6.26 Å². The van der Waals surface area contributed by atoms with Gasteiger partial charge in [-0.3, -0.25) is 4.79 Å². The fourth-order valence-electron chi connectivity index (χ4n) is 2.33. The van der Waals surface area contributed by atoms with Crippen molar-refractivity contribution in [3.05, 3.63) is 17.7 Å². The summed E-state index contributed by atoms with van der Waals surface area (Å²) in [4.78, 5) is 11.4. The van der Waals surface area contributed by atoms with Crippen molar-refractivity contribution < 1.29 is 13.2 Å². The summed E-state index contributed by atoms with van der Waals surface area (Å²) in [5.74, 6) is 0.00740. The molecule has 6 nitrogen and oxygen atoms in total. The number of carbonyl (C=O) groups excluding carboxylic acids is 1. The molecular formula is C13H19N3O3S. The van der Waals surface area contributed by atoms with Crippen LogP contribution in [0.15, 0.2) is 12.1 Å². The van der Waals surface area contributed by atoms with Crippen LogP contribution in [0.1, 0.15) is 18.9 Å². The van der Waals surface area contributed by atoms with Crippen molar-refractivity contribution in [3.63, 3.8) is 0 Å². The molecule has 1 atom stereocenters. The number of anilines is 3. The minimum atomic E-state index is -3.06. The maximum Gasteiger partial charge on any atom is 0.224 e. The Labute approximate surface area is 118 Å². The van der Waals surface area contributed by atoms with E-state index in [4.69, 9.17) is 5.73 Å². The van der Waals surface area contributed by atoms with E-state index < -0.39 is 9.84 Å². The summed E-state index contributed by atoms with van der Waals surface area (Å²) in [6.45, 7) is 1.78. The van der Waals surface area contributed by atoms with Gasteiger partial charge in [-0.1, -0.05) is 0 Å². The van der Waals surface area contributed by atoms with Crippen molar-refractivity contribution in [2.24, 2.45) is 0 Å². The molecule has 0 aliphatic carbocycles. The highest BCUT2D eigenvalue weighted by Gasteiger charge is 2.18. The van der Waals surface area contributed by atoms with Crippen molar-refractivity contribution in [3.8, 4) is 0 Å². The average Bonchev–Trinajstić information content (AvgIpc) is 2.28. The second-order valence-electron chi connectivity index (χ2n) is 5.28. The van der Waals surface area contributed by atoms with Crippen LogP contribution in [0.2, 0.25) is 0 Å². The predicted molar refractivity (Wildman–Crippen MR) is 80.6 cm³/mol. The van der Waals surface area contributed by atoms with Gasteiger partial charge in [0.2, 0.25) is 5.91 Å². The number of benzene rings is 1. The third-order valence-corrected chi connectivity index (χ3v) is 4.23. The van der Waals surface area contributed by atoms with E-state index in [-0.39, 0.29) is 17.7 Å². The Balaban J connectivity index is 2.20. The first-order valence-electron chi connectivity index (χ1n) is 6.41. The quantitative estimate of drug-likeness (QED) is 0.720. The molecule has 1 unspecified atom stereocenters. The molecule has 1 heterocycles. The van der Waals surface area contributed by atoms with Gasteiger partial charge in [-0.15, -0.1) is 0 Å². The highest BCUT2D eigenvalue weighted by molar-refractivity contribution is 7.90. The lowest BCUT2D eigenvalue weighted by Crippen LogP contribution is -2.26. The summed E-state index contributed by atoms with van der Waals surface area (Å²) in [6.07, 6.45) is 2.33. The van der Waals surface area contributed by atoms with Gasteiger partial charge in [0.05, 0.1) is 17.1 Å². The second-order valence-corrected chi connectivity index (χ2v) is 7.47. The molecule has 0 bridgehead atoms. The number of sulfone groups is 1. The minimum Gasteiger partial charge on any atom is -0.397 e. The van der Waals surface area contributed by atoms with Gasteiger partial charge in [-0.2, -0.15) is 0 Å².